The zero-order valence-corrected chi connectivity index (χ0v) is 15.4. The van der Waals surface area contributed by atoms with Crippen LogP contribution in [0.15, 0.2) is 53.4 Å². The van der Waals surface area contributed by atoms with Gasteiger partial charge in [0.15, 0.2) is 0 Å². The van der Waals surface area contributed by atoms with E-state index in [0.29, 0.717) is 32.0 Å². The summed E-state index contributed by atoms with van der Waals surface area (Å²) in [5, 5.41) is 0. The number of hydrogen-bond acceptors (Lipinski definition) is 5. The third kappa shape index (κ3) is 6.16. The molecule has 0 aliphatic carbocycles. The highest BCUT2D eigenvalue weighted by Crippen LogP contribution is 2.23. The van der Waals surface area contributed by atoms with Crippen LogP contribution >= 0.6 is 0 Å². The Bertz CT molecular complexity index is 757. The fourth-order valence-corrected chi connectivity index (χ4v) is 3.14. The molecule has 0 N–H and O–H groups in total. The second-order valence-corrected chi connectivity index (χ2v) is 7.21. The van der Waals surface area contributed by atoms with Crippen LogP contribution < -0.4 is 4.74 Å². The highest BCUT2D eigenvalue weighted by atomic mass is 32.2. The maximum Gasteiger partial charge on any atom is 0.297 e. The van der Waals surface area contributed by atoms with Crippen LogP contribution in [0.25, 0.3) is 0 Å². The van der Waals surface area contributed by atoms with Gasteiger partial charge in [0.2, 0.25) is 0 Å². The fraction of sp³-hybridized carbons (Fsp3) is 0.368. The van der Waals surface area contributed by atoms with Gasteiger partial charge in [0.1, 0.15) is 12.4 Å². The molecule has 0 heterocycles. The fourth-order valence-electron chi connectivity index (χ4n) is 2.13. The van der Waals surface area contributed by atoms with E-state index in [0.717, 1.165) is 11.1 Å². The molecule has 25 heavy (non-hydrogen) atoms. The molecule has 0 fully saturated rings. The normalized spacial score (nSPS) is 11.4. The quantitative estimate of drug-likeness (QED) is 0.475. The van der Waals surface area contributed by atoms with E-state index in [-0.39, 0.29) is 11.5 Å². The van der Waals surface area contributed by atoms with Gasteiger partial charge in [-0.1, -0.05) is 43.3 Å². The molecule has 0 aliphatic heterocycles. The first-order chi connectivity index (χ1) is 12.0. The van der Waals surface area contributed by atoms with Crippen molar-refractivity contribution in [2.45, 2.75) is 31.8 Å². The van der Waals surface area contributed by atoms with Crippen LogP contribution in [-0.4, -0.2) is 28.2 Å². The lowest BCUT2D eigenvalue weighted by atomic mass is 10.2. The Morgan fingerprint density at radius 3 is 2.44 bits per heavy atom. The number of benzene rings is 2. The van der Waals surface area contributed by atoms with E-state index in [1.807, 2.05) is 44.2 Å². The van der Waals surface area contributed by atoms with Gasteiger partial charge >= 0.3 is 0 Å². The van der Waals surface area contributed by atoms with Crippen molar-refractivity contribution >= 4 is 10.1 Å². The van der Waals surface area contributed by atoms with Crippen LogP contribution in [0.5, 0.6) is 5.75 Å². The lowest BCUT2D eigenvalue weighted by Gasteiger charge is -2.12. The van der Waals surface area contributed by atoms with Gasteiger partial charge in [-0.05, 0) is 30.5 Å². The number of hydrogen-bond donors (Lipinski definition) is 0. The molecule has 0 aromatic heterocycles. The van der Waals surface area contributed by atoms with Crippen LogP contribution in [0.3, 0.4) is 0 Å². The molecule has 0 saturated carbocycles. The van der Waals surface area contributed by atoms with Crippen molar-refractivity contribution in [1.82, 2.24) is 0 Å². The van der Waals surface area contributed by atoms with E-state index in [2.05, 4.69) is 0 Å². The van der Waals surface area contributed by atoms with Crippen LogP contribution in [0.2, 0.25) is 0 Å². The second-order valence-electron chi connectivity index (χ2n) is 5.59. The number of rotatable bonds is 10. The summed E-state index contributed by atoms with van der Waals surface area (Å²) in [6, 6.07) is 14.6. The predicted octanol–water partition coefficient (Wildman–Crippen LogP) is 3.71. The lowest BCUT2D eigenvalue weighted by molar-refractivity contribution is 0.0886. The molecule has 2 rings (SSSR count). The van der Waals surface area contributed by atoms with Gasteiger partial charge in [-0.3, -0.25) is 4.18 Å². The Balaban J connectivity index is 1.88. The molecule has 0 atom stereocenters. The highest BCUT2D eigenvalue weighted by molar-refractivity contribution is 7.86. The lowest BCUT2D eigenvalue weighted by Crippen LogP contribution is -2.10. The van der Waals surface area contributed by atoms with E-state index in [9.17, 15) is 8.42 Å². The molecule has 0 radical (unpaired) electrons. The summed E-state index contributed by atoms with van der Waals surface area (Å²) >= 11 is 0. The van der Waals surface area contributed by atoms with Crippen molar-refractivity contribution in [1.29, 1.82) is 0 Å². The smallest absolute Gasteiger partial charge is 0.297 e. The molecular weight excluding hydrogens is 340 g/mol. The topological polar surface area (TPSA) is 61.8 Å². The molecule has 0 spiro atoms. The van der Waals surface area contributed by atoms with Crippen LogP contribution in [0.4, 0.5) is 0 Å². The zero-order chi connectivity index (χ0) is 18.1. The van der Waals surface area contributed by atoms with Gasteiger partial charge in [0, 0.05) is 6.07 Å². The van der Waals surface area contributed by atoms with Crippen LogP contribution in [0.1, 0.15) is 24.5 Å². The van der Waals surface area contributed by atoms with Gasteiger partial charge in [0.25, 0.3) is 10.1 Å². The van der Waals surface area contributed by atoms with Gasteiger partial charge in [-0.25, -0.2) is 0 Å². The molecule has 0 unspecified atom stereocenters. The molecule has 0 bridgehead atoms. The summed E-state index contributed by atoms with van der Waals surface area (Å²) in [5.74, 6) is 0.518. The van der Waals surface area contributed by atoms with E-state index < -0.39 is 10.1 Å². The molecule has 0 saturated heterocycles. The second kappa shape index (κ2) is 9.56. The molecule has 136 valence electrons. The average molecular weight is 364 g/mol. The predicted molar refractivity (Wildman–Crippen MR) is 96.2 cm³/mol. The van der Waals surface area contributed by atoms with Crippen molar-refractivity contribution in [3.8, 4) is 5.75 Å². The van der Waals surface area contributed by atoms with Gasteiger partial charge in [0.05, 0.1) is 24.7 Å². The van der Waals surface area contributed by atoms with E-state index in [4.69, 9.17) is 13.7 Å². The maximum atomic E-state index is 12.1. The molecule has 2 aromatic carbocycles. The molecule has 6 heteroatoms. The van der Waals surface area contributed by atoms with Crippen molar-refractivity contribution < 1.29 is 22.1 Å². The van der Waals surface area contributed by atoms with E-state index in [1.165, 1.54) is 12.1 Å². The maximum absolute atomic E-state index is 12.1. The summed E-state index contributed by atoms with van der Waals surface area (Å²) in [7, 11) is -3.74. The summed E-state index contributed by atoms with van der Waals surface area (Å²) in [4.78, 5) is 0.103. The Hall–Kier alpha value is -1.89. The summed E-state index contributed by atoms with van der Waals surface area (Å²) < 4.78 is 40.3. The SMILES string of the molecule is CCCOS(=O)(=O)c1ccc(C)c(OCCOCc2ccccc2)c1. The first-order valence-corrected chi connectivity index (χ1v) is 9.68. The summed E-state index contributed by atoms with van der Waals surface area (Å²) in [6.07, 6.45) is 0.632. The average Bonchev–Trinajstić information content (AvgIpc) is 2.62. The molecule has 5 nitrogen and oxygen atoms in total. The van der Waals surface area contributed by atoms with E-state index >= 15 is 0 Å². The third-order valence-electron chi connectivity index (χ3n) is 3.49. The Labute approximate surface area is 149 Å². The summed E-state index contributed by atoms with van der Waals surface area (Å²) in [6.45, 7) is 5.16. The molecular formula is C19H24O5S. The Morgan fingerprint density at radius 2 is 1.72 bits per heavy atom. The largest absolute Gasteiger partial charge is 0.491 e. The number of ether oxygens (including phenoxy) is 2. The molecule has 0 amide bonds. The Morgan fingerprint density at radius 1 is 0.960 bits per heavy atom. The first kappa shape index (κ1) is 19.4. The standard InChI is InChI=1S/C19H24O5S/c1-3-11-24-25(20,21)18-10-9-16(2)19(14-18)23-13-12-22-15-17-7-5-4-6-8-17/h4-10,14H,3,11-13,15H2,1-2H3. The van der Waals surface area contributed by atoms with Crippen LogP contribution in [-0.2, 0) is 25.6 Å². The monoisotopic (exact) mass is 364 g/mol. The van der Waals surface area contributed by atoms with Crippen LogP contribution in [0, 0.1) is 6.92 Å². The van der Waals surface area contributed by atoms with Gasteiger partial charge in [-0.15, -0.1) is 0 Å². The van der Waals surface area contributed by atoms with Gasteiger partial charge in [-0.2, -0.15) is 8.42 Å². The number of aryl methyl sites for hydroxylation is 1. The minimum absolute atomic E-state index is 0.103. The van der Waals surface area contributed by atoms with Gasteiger partial charge < -0.3 is 9.47 Å². The van der Waals surface area contributed by atoms with Crippen molar-refractivity contribution in [2.75, 3.05) is 19.8 Å². The van der Waals surface area contributed by atoms with E-state index in [1.54, 1.807) is 6.07 Å². The highest BCUT2D eigenvalue weighted by Gasteiger charge is 2.16. The van der Waals surface area contributed by atoms with Crippen molar-refractivity contribution in [3.63, 3.8) is 0 Å². The summed E-state index contributed by atoms with van der Waals surface area (Å²) in [5.41, 5.74) is 1.96. The molecule has 0 aliphatic rings. The third-order valence-corrected chi connectivity index (χ3v) is 4.80. The minimum Gasteiger partial charge on any atom is -0.491 e. The minimum atomic E-state index is -3.74. The van der Waals surface area contributed by atoms with Crippen molar-refractivity contribution in [2.24, 2.45) is 0 Å². The Kier molecular flexibility index (Phi) is 7.43. The first-order valence-electron chi connectivity index (χ1n) is 8.27. The van der Waals surface area contributed by atoms with Crippen molar-refractivity contribution in [3.05, 3.63) is 59.7 Å². The zero-order valence-electron chi connectivity index (χ0n) is 14.6. The molecule has 2 aromatic rings.